The van der Waals surface area contributed by atoms with Gasteiger partial charge in [-0.3, -0.25) is 19.8 Å². The number of aryl methyl sites for hydroxylation is 2. The van der Waals surface area contributed by atoms with Gasteiger partial charge in [0.15, 0.2) is 5.11 Å². The second-order valence-electron chi connectivity index (χ2n) is 8.67. The highest BCUT2D eigenvalue weighted by Crippen LogP contribution is 2.33. The molecule has 2 aromatic rings. The van der Waals surface area contributed by atoms with Crippen molar-refractivity contribution in [3.05, 3.63) is 57.9 Å². The van der Waals surface area contributed by atoms with Gasteiger partial charge in [0.2, 0.25) is 0 Å². The van der Waals surface area contributed by atoms with E-state index in [0.717, 1.165) is 22.4 Å². The number of carbonyl (C=O) groups excluding carboxylic acids is 2. The SMILES string of the molecule is Cc1cccc(N2C(=O)/C(=C/c3cc(C)n(C4CCCCC4)c3C)C(=O)NC2=S)c1C. The zero-order valence-electron chi connectivity index (χ0n) is 18.6. The fraction of sp³-hybridized carbons (Fsp3) is 0.400. The molecule has 0 spiro atoms. The topological polar surface area (TPSA) is 54.3 Å². The summed E-state index contributed by atoms with van der Waals surface area (Å²) in [6, 6.07) is 8.32. The molecule has 1 N–H and O–H groups in total. The molecule has 0 radical (unpaired) electrons. The van der Waals surface area contributed by atoms with Crippen molar-refractivity contribution < 1.29 is 9.59 Å². The van der Waals surface area contributed by atoms with Gasteiger partial charge < -0.3 is 4.57 Å². The van der Waals surface area contributed by atoms with Crippen LogP contribution in [0.2, 0.25) is 0 Å². The minimum absolute atomic E-state index is 0.110. The highest BCUT2D eigenvalue weighted by atomic mass is 32.1. The molecule has 162 valence electrons. The molecule has 4 rings (SSSR count). The van der Waals surface area contributed by atoms with E-state index >= 15 is 0 Å². The van der Waals surface area contributed by atoms with E-state index in [0.29, 0.717) is 11.7 Å². The van der Waals surface area contributed by atoms with Crippen molar-refractivity contribution in [3.63, 3.8) is 0 Å². The molecule has 1 saturated carbocycles. The molecule has 1 saturated heterocycles. The molecule has 6 heteroatoms. The third kappa shape index (κ3) is 3.85. The molecule has 0 unspecified atom stereocenters. The smallest absolute Gasteiger partial charge is 0.270 e. The summed E-state index contributed by atoms with van der Waals surface area (Å²) >= 11 is 5.36. The van der Waals surface area contributed by atoms with Gasteiger partial charge in [-0.25, -0.2) is 0 Å². The van der Waals surface area contributed by atoms with Crippen LogP contribution >= 0.6 is 12.2 Å². The third-order valence-electron chi connectivity index (χ3n) is 6.68. The van der Waals surface area contributed by atoms with E-state index in [2.05, 4.69) is 29.8 Å². The molecule has 31 heavy (non-hydrogen) atoms. The second-order valence-corrected chi connectivity index (χ2v) is 9.05. The Balaban J connectivity index is 1.73. The Bertz CT molecular complexity index is 1110. The van der Waals surface area contributed by atoms with Crippen molar-refractivity contribution in [2.24, 2.45) is 0 Å². The predicted octanol–water partition coefficient (Wildman–Crippen LogP) is 5.06. The number of amides is 2. The summed E-state index contributed by atoms with van der Waals surface area (Å²) in [5.74, 6) is -0.830. The second kappa shape index (κ2) is 8.42. The third-order valence-corrected chi connectivity index (χ3v) is 6.97. The van der Waals surface area contributed by atoms with Gasteiger partial charge in [0.1, 0.15) is 5.57 Å². The van der Waals surface area contributed by atoms with Crippen LogP contribution in [0.4, 0.5) is 5.69 Å². The number of nitrogens with zero attached hydrogens (tertiary/aromatic N) is 2. The van der Waals surface area contributed by atoms with E-state index in [1.807, 2.05) is 32.0 Å². The lowest BCUT2D eigenvalue weighted by molar-refractivity contribution is -0.122. The molecule has 2 aliphatic rings. The maximum absolute atomic E-state index is 13.4. The molecular weight excluding hydrogens is 406 g/mol. The zero-order valence-corrected chi connectivity index (χ0v) is 19.4. The van der Waals surface area contributed by atoms with Gasteiger partial charge in [0.05, 0.1) is 5.69 Å². The first kappa shape index (κ1) is 21.5. The Morgan fingerprint density at radius 2 is 1.77 bits per heavy atom. The number of hydrogen-bond donors (Lipinski definition) is 1. The first-order chi connectivity index (χ1) is 14.8. The van der Waals surface area contributed by atoms with Crippen LogP contribution in [-0.2, 0) is 9.59 Å². The normalized spacial score (nSPS) is 19.3. The van der Waals surface area contributed by atoms with Crippen LogP contribution in [0.5, 0.6) is 0 Å². The number of aromatic nitrogens is 1. The molecule has 1 aliphatic carbocycles. The number of carbonyl (C=O) groups is 2. The summed E-state index contributed by atoms with van der Waals surface area (Å²) < 4.78 is 2.38. The summed E-state index contributed by atoms with van der Waals surface area (Å²) in [6.07, 6.45) is 7.89. The minimum Gasteiger partial charge on any atom is -0.346 e. The highest BCUT2D eigenvalue weighted by Gasteiger charge is 2.35. The standard InChI is InChI=1S/C25H29N3O2S/c1-15-9-8-12-22(17(15)3)28-24(30)21(23(29)26-25(28)31)14-19-13-16(2)27(18(19)4)20-10-6-5-7-11-20/h8-9,12-14,20H,5-7,10-11H2,1-4H3,(H,26,29,31)/b21-14+. The largest absolute Gasteiger partial charge is 0.346 e. The van der Waals surface area contributed by atoms with Gasteiger partial charge >= 0.3 is 0 Å². The van der Waals surface area contributed by atoms with Crippen LogP contribution in [0.25, 0.3) is 6.08 Å². The molecule has 2 amide bonds. The van der Waals surface area contributed by atoms with Gasteiger partial charge in [-0.05, 0) is 87.7 Å². The van der Waals surface area contributed by atoms with E-state index in [1.54, 1.807) is 6.08 Å². The van der Waals surface area contributed by atoms with E-state index in [9.17, 15) is 9.59 Å². The maximum Gasteiger partial charge on any atom is 0.270 e. The molecule has 1 aromatic heterocycles. The fourth-order valence-corrected chi connectivity index (χ4v) is 5.13. The van der Waals surface area contributed by atoms with E-state index in [4.69, 9.17) is 12.2 Å². The average Bonchev–Trinajstić information content (AvgIpc) is 3.02. The van der Waals surface area contributed by atoms with Crippen molar-refractivity contribution in [1.29, 1.82) is 0 Å². The average molecular weight is 436 g/mol. The van der Waals surface area contributed by atoms with Crippen LogP contribution in [-0.4, -0.2) is 21.5 Å². The number of anilines is 1. The van der Waals surface area contributed by atoms with Crippen molar-refractivity contribution >= 4 is 40.9 Å². The van der Waals surface area contributed by atoms with Crippen LogP contribution < -0.4 is 10.2 Å². The minimum atomic E-state index is -0.445. The lowest BCUT2D eigenvalue weighted by Crippen LogP contribution is -2.54. The van der Waals surface area contributed by atoms with Crippen molar-refractivity contribution in [2.45, 2.75) is 65.8 Å². The Morgan fingerprint density at radius 1 is 1.06 bits per heavy atom. The maximum atomic E-state index is 13.4. The summed E-state index contributed by atoms with van der Waals surface area (Å²) in [5.41, 5.74) is 6.02. The quantitative estimate of drug-likeness (QED) is 0.417. The molecular formula is C25H29N3O2S. The highest BCUT2D eigenvalue weighted by molar-refractivity contribution is 7.80. The monoisotopic (exact) mass is 435 g/mol. The van der Waals surface area contributed by atoms with E-state index in [-0.39, 0.29) is 16.6 Å². The zero-order chi connectivity index (χ0) is 22.3. The number of hydrogen-bond acceptors (Lipinski definition) is 3. The van der Waals surface area contributed by atoms with Crippen LogP contribution in [0.15, 0.2) is 29.8 Å². The van der Waals surface area contributed by atoms with Crippen molar-refractivity contribution in [3.8, 4) is 0 Å². The molecule has 1 aromatic carbocycles. The summed E-state index contributed by atoms with van der Waals surface area (Å²) in [4.78, 5) is 27.6. The van der Waals surface area contributed by atoms with Crippen molar-refractivity contribution in [1.82, 2.24) is 9.88 Å². The molecule has 0 bridgehead atoms. The number of benzene rings is 1. The van der Waals surface area contributed by atoms with E-state index in [1.165, 1.54) is 42.7 Å². The van der Waals surface area contributed by atoms with Crippen molar-refractivity contribution in [2.75, 3.05) is 4.90 Å². The van der Waals surface area contributed by atoms with Gasteiger partial charge in [0, 0.05) is 17.4 Å². The van der Waals surface area contributed by atoms with Gasteiger partial charge in [-0.1, -0.05) is 31.4 Å². The summed E-state index contributed by atoms with van der Waals surface area (Å²) in [6.45, 7) is 8.13. The number of nitrogens with one attached hydrogen (secondary N) is 1. The van der Waals surface area contributed by atoms with E-state index < -0.39 is 5.91 Å². The Labute approximate surface area is 189 Å². The fourth-order valence-electron chi connectivity index (χ4n) is 4.86. The first-order valence-corrected chi connectivity index (χ1v) is 11.4. The number of rotatable bonds is 3. The summed E-state index contributed by atoms with van der Waals surface area (Å²) in [5, 5.41) is 2.82. The van der Waals surface area contributed by atoms with Crippen LogP contribution in [0.1, 0.15) is 66.2 Å². The molecule has 2 heterocycles. The first-order valence-electron chi connectivity index (χ1n) is 11.0. The summed E-state index contributed by atoms with van der Waals surface area (Å²) in [7, 11) is 0. The number of thiocarbonyl (C=S) groups is 1. The molecule has 2 fully saturated rings. The Hall–Kier alpha value is -2.73. The van der Waals surface area contributed by atoms with Crippen LogP contribution in [0, 0.1) is 27.7 Å². The Kier molecular flexibility index (Phi) is 5.84. The Morgan fingerprint density at radius 3 is 2.48 bits per heavy atom. The molecule has 5 nitrogen and oxygen atoms in total. The van der Waals surface area contributed by atoms with Gasteiger partial charge in [-0.15, -0.1) is 0 Å². The molecule has 1 aliphatic heterocycles. The lowest BCUT2D eigenvalue weighted by atomic mass is 9.95. The molecule has 0 atom stereocenters. The van der Waals surface area contributed by atoms with Gasteiger partial charge in [0.25, 0.3) is 11.8 Å². The van der Waals surface area contributed by atoms with Crippen LogP contribution in [0.3, 0.4) is 0 Å². The lowest BCUT2D eigenvalue weighted by Gasteiger charge is -2.30. The van der Waals surface area contributed by atoms with Gasteiger partial charge in [-0.2, -0.15) is 0 Å². The predicted molar refractivity (Wildman–Crippen MR) is 128 cm³/mol.